The molecule has 0 atom stereocenters. The van der Waals surface area contributed by atoms with Crippen LogP contribution in [-0.4, -0.2) is 22.6 Å². The molecule has 4 nitrogen and oxygen atoms in total. The highest BCUT2D eigenvalue weighted by Crippen LogP contribution is 2.30. The van der Waals surface area contributed by atoms with Crippen LogP contribution in [0.2, 0.25) is 10.0 Å². The number of para-hydroxylation sites is 1. The van der Waals surface area contributed by atoms with Gasteiger partial charge in [-0.3, -0.25) is 0 Å². The van der Waals surface area contributed by atoms with Crippen molar-refractivity contribution in [3.8, 4) is 0 Å². The molecule has 0 saturated carbocycles. The SMILES string of the molecule is COC(=O)c1cnc2c(c1)c1ccccc1n2Cc1ccc(Cl)c(Cl)c1. The van der Waals surface area contributed by atoms with Crippen molar-refractivity contribution in [2.75, 3.05) is 7.11 Å². The first-order valence-corrected chi connectivity index (χ1v) is 8.73. The summed E-state index contributed by atoms with van der Waals surface area (Å²) in [5, 5.41) is 2.98. The fourth-order valence-electron chi connectivity index (χ4n) is 3.13. The lowest BCUT2D eigenvalue weighted by Crippen LogP contribution is -2.03. The number of hydrogen-bond acceptors (Lipinski definition) is 3. The number of pyridine rings is 1. The second kappa shape index (κ2) is 6.63. The first-order chi connectivity index (χ1) is 12.6. The number of methoxy groups -OCH3 is 1. The van der Waals surface area contributed by atoms with Crippen molar-refractivity contribution in [1.82, 2.24) is 9.55 Å². The fraction of sp³-hybridized carbons (Fsp3) is 0.100. The molecule has 2 aromatic carbocycles. The van der Waals surface area contributed by atoms with Gasteiger partial charge in [0.2, 0.25) is 0 Å². The third kappa shape index (κ3) is 2.81. The summed E-state index contributed by atoms with van der Waals surface area (Å²) < 4.78 is 6.91. The zero-order chi connectivity index (χ0) is 18.3. The molecule has 0 spiro atoms. The minimum atomic E-state index is -0.402. The average Bonchev–Trinajstić information content (AvgIpc) is 2.97. The number of fused-ring (bicyclic) bond motifs is 3. The monoisotopic (exact) mass is 384 g/mol. The molecule has 0 fully saturated rings. The molecule has 2 heterocycles. The molecular weight excluding hydrogens is 371 g/mol. The minimum absolute atomic E-state index is 0.402. The van der Waals surface area contributed by atoms with Crippen LogP contribution in [0.15, 0.2) is 54.7 Å². The van der Waals surface area contributed by atoms with Crippen LogP contribution in [0.4, 0.5) is 0 Å². The van der Waals surface area contributed by atoms with Crippen LogP contribution in [0.5, 0.6) is 0 Å². The van der Waals surface area contributed by atoms with Gasteiger partial charge in [0, 0.05) is 23.5 Å². The van der Waals surface area contributed by atoms with Gasteiger partial charge >= 0.3 is 5.97 Å². The van der Waals surface area contributed by atoms with Crippen LogP contribution in [0.25, 0.3) is 21.9 Å². The van der Waals surface area contributed by atoms with E-state index in [1.54, 1.807) is 12.3 Å². The normalized spacial score (nSPS) is 11.2. The van der Waals surface area contributed by atoms with Crippen LogP contribution in [0.3, 0.4) is 0 Å². The predicted octanol–water partition coefficient (Wildman–Crippen LogP) is 5.33. The predicted molar refractivity (Wildman–Crippen MR) is 104 cm³/mol. The Hall–Kier alpha value is -2.56. The van der Waals surface area contributed by atoms with E-state index >= 15 is 0 Å². The summed E-state index contributed by atoms with van der Waals surface area (Å²) in [5.74, 6) is -0.402. The Morgan fingerprint density at radius 3 is 2.65 bits per heavy atom. The summed E-state index contributed by atoms with van der Waals surface area (Å²) in [6.07, 6.45) is 1.54. The van der Waals surface area contributed by atoms with Gasteiger partial charge in [0.15, 0.2) is 0 Å². The third-order valence-corrected chi connectivity index (χ3v) is 5.09. The largest absolute Gasteiger partial charge is 0.465 e. The van der Waals surface area contributed by atoms with Gasteiger partial charge in [-0.1, -0.05) is 47.5 Å². The van der Waals surface area contributed by atoms with E-state index in [0.717, 1.165) is 27.5 Å². The molecule has 0 saturated heterocycles. The number of nitrogens with zero attached hydrogens (tertiary/aromatic N) is 2. The number of esters is 1. The van der Waals surface area contributed by atoms with Crippen molar-refractivity contribution >= 4 is 51.1 Å². The van der Waals surface area contributed by atoms with Gasteiger partial charge in [-0.2, -0.15) is 0 Å². The lowest BCUT2D eigenvalue weighted by atomic mass is 10.1. The summed E-state index contributed by atoms with van der Waals surface area (Å²) in [7, 11) is 1.36. The van der Waals surface area contributed by atoms with Crippen molar-refractivity contribution in [2.24, 2.45) is 0 Å². The Labute approximate surface area is 159 Å². The molecule has 0 bridgehead atoms. The maximum absolute atomic E-state index is 11.9. The van der Waals surface area contributed by atoms with Gasteiger partial charge in [0.05, 0.1) is 28.2 Å². The molecule has 0 amide bonds. The Kier molecular flexibility index (Phi) is 4.31. The number of ether oxygens (including phenoxy) is 1. The van der Waals surface area contributed by atoms with Gasteiger partial charge in [0.25, 0.3) is 0 Å². The summed E-state index contributed by atoms with van der Waals surface area (Å²) in [6, 6.07) is 15.4. The van der Waals surface area contributed by atoms with Crippen molar-refractivity contribution in [3.05, 3.63) is 75.9 Å². The molecule has 0 unspecified atom stereocenters. The lowest BCUT2D eigenvalue weighted by molar-refractivity contribution is 0.0600. The number of aromatic nitrogens is 2. The average molecular weight is 385 g/mol. The molecule has 0 aliphatic rings. The molecule has 6 heteroatoms. The van der Waals surface area contributed by atoms with E-state index in [9.17, 15) is 4.79 Å². The molecule has 4 rings (SSSR count). The van der Waals surface area contributed by atoms with E-state index in [1.165, 1.54) is 7.11 Å². The fourth-order valence-corrected chi connectivity index (χ4v) is 3.45. The first kappa shape index (κ1) is 16.9. The smallest absolute Gasteiger partial charge is 0.339 e. The highest BCUT2D eigenvalue weighted by Gasteiger charge is 2.15. The number of hydrogen-bond donors (Lipinski definition) is 0. The van der Waals surface area contributed by atoms with Gasteiger partial charge in [-0.15, -0.1) is 0 Å². The number of halogens is 2. The molecule has 0 N–H and O–H groups in total. The van der Waals surface area contributed by atoms with E-state index in [2.05, 4.69) is 9.55 Å². The van der Waals surface area contributed by atoms with Crippen molar-refractivity contribution in [2.45, 2.75) is 6.54 Å². The molecule has 0 aliphatic heterocycles. The van der Waals surface area contributed by atoms with Gasteiger partial charge in [0.1, 0.15) is 5.65 Å². The lowest BCUT2D eigenvalue weighted by Gasteiger charge is -2.08. The zero-order valence-corrected chi connectivity index (χ0v) is 15.4. The van der Waals surface area contributed by atoms with Crippen LogP contribution < -0.4 is 0 Å². The zero-order valence-electron chi connectivity index (χ0n) is 13.9. The number of carbonyl (C=O) groups excluding carboxylic acids is 1. The Balaban J connectivity index is 1.92. The number of benzene rings is 2. The van der Waals surface area contributed by atoms with Crippen LogP contribution >= 0.6 is 23.2 Å². The number of rotatable bonds is 3. The molecule has 26 heavy (non-hydrogen) atoms. The summed E-state index contributed by atoms with van der Waals surface area (Å²) >= 11 is 12.2. The van der Waals surface area contributed by atoms with Crippen LogP contribution in [-0.2, 0) is 11.3 Å². The quantitative estimate of drug-likeness (QED) is 0.448. The topological polar surface area (TPSA) is 44.1 Å². The molecular formula is C20H14Cl2N2O2. The van der Waals surface area contributed by atoms with Gasteiger partial charge in [-0.25, -0.2) is 9.78 Å². The van der Waals surface area contributed by atoms with E-state index in [4.69, 9.17) is 27.9 Å². The maximum atomic E-state index is 11.9. The summed E-state index contributed by atoms with van der Waals surface area (Å²) in [6.45, 7) is 0.589. The number of carbonyl (C=O) groups is 1. The molecule has 0 aliphatic carbocycles. The molecule has 130 valence electrons. The molecule has 4 aromatic rings. The van der Waals surface area contributed by atoms with Crippen LogP contribution in [0, 0.1) is 0 Å². The second-order valence-electron chi connectivity index (χ2n) is 5.94. The highest BCUT2D eigenvalue weighted by atomic mass is 35.5. The maximum Gasteiger partial charge on any atom is 0.339 e. The van der Waals surface area contributed by atoms with Crippen molar-refractivity contribution in [3.63, 3.8) is 0 Å². The summed E-state index contributed by atoms with van der Waals surface area (Å²) in [5.41, 5.74) is 3.27. The van der Waals surface area contributed by atoms with Crippen LogP contribution in [0.1, 0.15) is 15.9 Å². The van der Waals surface area contributed by atoms with E-state index < -0.39 is 5.97 Å². The second-order valence-corrected chi connectivity index (χ2v) is 6.75. The highest BCUT2D eigenvalue weighted by molar-refractivity contribution is 6.42. The standard InChI is InChI=1S/C20H14Cl2N2O2/c1-26-20(25)13-9-15-14-4-2-3-5-18(14)24(19(15)23-10-13)11-12-6-7-16(21)17(22)8-12/h2-10H,11H2,1H3. The molecule has 0 radical (unpaired) electrons. The van der Waals surface area contributed by atoms with Gasteiger partial charge < -0.3 is 9.30 Å². The first-order valence-electron chi connectivity index (χ1n) is 7.97. The van der Waals surface area contributed by atoms with Crippen molar-refractivity contribution < 1.29 is 9.53 Å². The third-order valence-electron chi connectivity index (χ3n) is 4.35. The van der Waals surface area contributed by atoms with Crippen molar-refractivity contribution in [1.29, 1.82) is 0 Å². The summed E-state index contributed by atoms with van der Waals surface area (Å²) in [4.78, 5) is 16.4. The Bertz CT molecular complexity index is 1150. The Morgan fingerprint density at radius 1 is 1.08 bits per heavy atom. The molecule has 2 aromatic heterocycles. The van der Waals surface area contributed by atoms with E-state index in [0.29, 0.717) is 22.2 Å². The Morgan fingerprint density at radius 2 is 1.88 bits per heavy atom. The minimum Gasteiger partial charge on any atom is -0.465 e. The van der Waals surface area contributed by atoms with Gasteiger partial charge in [-0.05, 0) is 29.8 Å². The van der Waals surface area contributed by atoms with E-state index in [1.807, 2.05) is 42.5 Å². The van der Waals surface area contributed by atoms with E-state index in [-0.39, 0.29) is 0 Å².